The highest BCUT2D eigenvalue weighted by atomic mass is 16.5. The molecule has 37 heavy (non-hydrogen) atoms. The highest BCUT2D eigenvalue weighted by molar-refractivity contribution is 6.07. The second-order valence-corrected chi connectivity index (χ2v) is 11.1. The van der Waals surface area contributed by atoms with Gasteiger partial charge in [0, 0.05) is 37.2 Å². The van der Waals surface area contributed by atoms with E-state index in [1.165, 1.54) is 0 Å². The van der Waals surface area contributed by atoms with Crippen molar-refractivity contribution in [2.45, 2.75) is 75.8 Å². The van der Waals surface area contributed by atoms with Gasteiger partial charge in [0.2, 0.25) is 11.8 Å². The molecular formula is C27H34N6O4. The second kappa shape index (κ2) is 9.55. The maximum Gasteiger partial charge on any atom is 0.270 e. The fourth-order valence-corrected chi connectivity index (χ4v) is 6.13. The van der Waals surface area contributed by atoms with Gasteiger partial charge in [-0.15, -0.1) is 0 Å². The van der Waals surface area contributed by atoms with Gasteiger partial charge in [-0.1, -0.05) is 19.8 Å². The van der Waals surface area contributed by atoms with E-state index in [-0.39, 0.29) is 29.7 Å². The van der Waals surface area contributed by atoms with Crippen molar-refractivity contribution in [1.82, 2.24) is 20.1 Å². The number of fused-ring (bicyclic) bond motifs is 2. The molecule has 1 atom stereocenters. The smallest absolute Gasteiger partial charge is 0.270 e. The third-order valence-electron chi connectivity index (χ3n) is 8.60. The number of pyridine rings is 1. The summed E-state index contributed by atoms with van der Waals surface area (Å²) in [5.74, 6) is 0.412. The largest absolute Gasteiger partial charge is 0.381 e. The molecule has 3 amide bonds. The van der Waals surface area contributed by atoms with Crippen molar-refractivity contribution in [3.63, 3.8) is 0 Å². The summed E-state index contributed by atoms with van der Waals surface area (Å²) in [6.07, 6.45) is 10.4. The predicted molar refractivity (Wildman–Crippen MR) is 136 cm³/mol. The average Bonchev–Trinajstić information content (AvgIpc) is 3.57. The summed E-state index contributed by atoms with van der Waals surface area (Å²) in [4.78, 5) is 44.2. The van der Waals surface area contributed by atoms with E-state index in [1.54, 1.807) is 29.2 Å². The van der Waals surface area contributed by atoms with Gasteiger partial charge in [-0.05, 0) is 56.4 Å². The Morgan fingerprint density at radius 1 is 1.16 bits per heavy atom. The maximum atomic E-state index is 13.6. The molecule has 10 nitrogen and oxygen atoms in total. The van der Waals surface area contributed by atoms with Gasteiger partial charge in [-0.2, -0.15) is 5.10 Å². The summed E-state index contributed by atoms with van der Waals surface area (Å²) >= 11 is 0. The lowest BCUT2D eigenvalue weighted by molar-refractivity contribution is -0.124. The molecule has 2 aromatic heterocycles. The minimum absolute atomic E-state index is 0.0372. The van der Waals surface area contributed by atoms with Gasteiger partial charge in [-0.3, -0.25) is 19.1 Å². The van der Waals surface area contributed by atoms with Gasteiger partial charge in [0.25, 0.3) is 5.91 Å². The Hall–Kier alpha value is -3.27. The summed E-state index contributed by atoms with van der Waals surface area (Å²) < 4.78 is 7.24. The molecule has 4 aliphatic rings. The summed E-state index contributed by atoms with van der Waals surface area (Å²) in [5.41, 5.74) is 1.42. The number of carbonyl (C=O) groups is 3. The van der Waals surface area contributed by atoms with Gasteiger partial charge in [0.15, 0.2) is 0 Å². The van der Waals surface area contributed by atoms with E-state index in [4.69, 9.17) is 4.74 Å². The number of hydrogen-bond acceptors (Lipinski definition) is 6. The van der Waals surface area contributed by atoms with E-state index in [1.807, 2.05) is 0 Å². The summed E-state index contributed by atoms with van der Waals surface area (Å²) in [7, 11) is 0. The molecule has 2 aliphatic carbocycles. The van der Waals surface area contributed by atoms with Crippen LogP contribution in [0.15, 0.2) is 24.5 Å². The molecule has 196 valence electrons. The van der Waals surface area contributed by atoms with Crippen LogP contribution >= 0.6 is 0 Å². The number of ether oxygens (including phenoxy) is 1. The van der Waals surface area contributed by atoms with Crippen molar-refractivity contribution in [2.75, 3.05) is 23.8 Å². The molecule has 4 heterocycles. The molecule has 6 rings (SSSR count). The van der Waals surface area contributed by atoms with Crippen molar-refractivity contribution in [3.05, 3.63) is 35.8 Å². The number of aromatic nitrogens is 3. The Bertz CT molecular complexity index is 1210. The number of rotatable bonds is 6. The summed E-state index contributed by atoms with van der Waals surface area (Å²) in [5, 5.41) is 13.3. The monoisotopic (exact) mass is 506 g/mol. The van der Waals surface area contributed by atoms with E-state index in [2.05, 4.69) is 33.0 Å². The number of anilines is 2. The van der Waals surface area contributed by atoms with Crippen LogP contribution in [0.25, 0.3) is 0 Å². The van der Waals surface area contributed by atoms with Crippen LogP contribution in [0.1, 0.15) is 80.4 Å². The first-order chi connectivity index (χ1) is 17.9. The molecule has 2 aromatic rings. The fraction of sp³-hybridized carbons (Fsp3) is 0.593. The van der Waals surface area contributed by atoms with Crippen LogP contribution in [0, 0.1) is 11.8 Å². The highest BCUT2D eigenvalue weighted by Crippen LogP contribution is 2.44. The highest BCUT2D eigenvalue weighted by Gasteiger charge is 2.48. The van der Waals surface area contributed by atoms with Crippen LogP contribution in [0.3, 0.4) is 0 Å². The molecule has 0 bridgehead atoms. The number of nitrogens with zero attached hydrogens (tertiary/aromatic N) is 3. The van der Waals surface area contributed by atoms with Crippen LogP contribution in [-0.2, 0) is 19.7 Å². The zero-order chi connectivity index (χ0) is 25.6. The first-order valence-corrected chi connectivity index (χ1v) is 13.5. The predicted octanol–water partition coefficient (Wildman–Crippen LogP) is 3.18. The lowest BCUT2D eigenvalue weighted by atomic mass is 9.76. The van der Waals surface area contributed by atoms with Gasteiger partial charge in [0.05, 0.1) is 17.1 Å². The molecule has 0 unspecified atom stereocenters. The van der Waals surface area contributed by atoms with Gasteiger partial charge in [0.1, 0.15) is 17.6 Å². The van der Waals surface area contributed by atoms with Gasteiger partial charge in [-0.25, -0.2) is 4.98 Å². The molecule has 3 fully saturated rings. The maximum absolute atomic E-state index is 13.6. The van der Waals surface area contributed by atoms with E-state index in [0.717, 1.165) is 44.1 Å². The van der Waals surface area contributed by atoms with Crippen LogP contribution < -0.4 is 16.0 Å². The summed E-state index contributed by atoms with van der Waals surface area (Å²) in [6, 6.07) is 3.01. The van der Waals surface area contributed by atoms with Crippen LogP contribution in [-0.4, -0.2) is 51.7 Å². The Morgan fingerprint density at radius 2 is 1.92 bits per heavy atom. The average molecular weight is 507 g/mol. The molecule has 10 heteroatoms. The number of hydrogen-bond donors (Lipinski definition) is 3. The van der Waals surface area contributed by atoms with Gasteiger partial charge < -0.3 is 20.7 Å². The van der Waals surface area contributed by atoms with E-state index >= 15 is 0 Å². The van der Waals surface area contributed by atoms with Crippen molar-refractivity contribution < 1.29 is 19.1 Å². The SMILES string of the molecule is C[C@H]1CC[C@H]([C@H](NC(=O)c2ccnn2C2CC2)C(=O)Nc2cc3c(cn2)C2(CCOCC2)C(=O)N3)CC1. The van der Waals surface area contributed by atoms with E-state index in [9.17, 15) is 14.4 Å². The van der Waals surface area contributed by atoms with Crippen molar-refractivity contribution in [2.24, 2.45) is 11.8 Å². The van der Waals surface area contributed by atoms with Crippen molar-refractivity contribution in [1.29, 1.82) is 0 Å². The number of carbonyl (C=O) groups excluding carboxylic acids is 3. The molecule has 0 radical (unpaired) electrons. The topological polar surface area (TPSA) is 127 Å². The van der Waals surface area contributed by atoms with E-state index in [0.29, 0.717) is 49.2 Å². The molecule has 2 aliphatic heterocycles. The minimum Gasteiger partial charge on any atom is -0.381 e. The fourth-order valence-electron chi connectivity index (χ4n) is 6.13. The first-order valence-electron chi connectivity index (χ1n) is 13.5. The van der Waals surface area contributed by atoms with Crippen molar-refractivity contribution in [3.8, 4) is 0 Å². The Balaban J connectivity index is 1.21. The molecule has 1 spiro atoms. The Labute approximate surface area is 215 Å². The van der Waals surface area contributed by atoms with Crippen LogP contribution in [0.2, 0.25) is 0 Å². The third kappa shape index (κ3) is 4.52. The molecule has 3 N–H and O–H groups in total. The van der Waals surface area contributed by atoms with Crippen LogP contribution in [0.4, 0.5) is 11.5 Å². The molecule has 0 aromatic carbocycles. The Morgan fingerprint density at radius 3 is 2.65 bits per heavy atom. The zero-order valence-electron chi connectivity index (χ0n) is 21.2. The van der Waals surface area contributed by atoms with E-state index < -0.39 is 11.5 Å². The lowest BCUT2D eigenvalue weighted by Gasteiger charge is -2.32. The van der Waals surface area contributed by atoms with Crippen molar-refractivity contribution >= 4 is 29.2 Å². The number of amides is 3. The lowest BCUT2D eigenvalue weighted by Crippen LogP contribution is -2.49. The molecule has 2 saturated carbocycles. The molecule has 1 saturated heterocycles. The first kappa shape index (κ1) is 24.1. The minimum atomic E-state index is -0.686. The zero-order valence-corrected chi connectivity index (χ0v) is 21.2. The second-order valence-electron chi connectivity index (χ2n) is 11.1. The summed E-state index contributed by atoms with van der Waals surface area (Å²) in [6.45, 7) is 3.30. The van der Waals surface area contributed by atoms with Gasteiger partial charge >= 0.3 is 0 Å². The third-order valence-corrected chi connectivity index (χ3v) is 8.60. The molecular weight excluding hydrogens is 472 g/mol. The number of nitrogens with one attached hydrogen (secondary N) is 3. The quantitative estimate of drug-likeness (QED) is 0.552. The normalized spacial score (nSPS) is 25.3. The standard InChI is InChI=1S/C27H34N6O4/c1-16-2-4-17(5-3-16)23(32-24(34)21-8-11-29-33(21)18-6-7-18)25(35)31-22-14-20-19(15-28-22)27(26(36)30-20)9-12-37-13-10-27/h8,11,14-18,23H,2-7,9-10,12-13H2,1H3,(H,30,36)(H,32,34)(H,28,31,35)/t16-,17-,23-/m0/s1. The Kier molecular flexibility index (Phi) is 6.22. The van der Waals surface area contributed by atoms with Crippen LogP contribution in [0.5, 0.6) is 0 Å².